The molecule has 0 bridgehead atoms. The van der Waals surface area contributed by atoms with Gasteiger partial charge in [-0.3, -0.25) is 0 Å². The zero-order valence-electron chi connectivity index (χ0n) is 9.58. The Labute approximate surface area is 113 Å². The molecule has 0 amide bonds. The van der Waals surface area contributed by atoms with Crippen LogP contribution >= 0.6 is 27.5 Å². The predicted molar refractivity (Wildman–Crippen MR) is 71.0 cm³/mol. The molecule has 0 unspecified atom stereocenters. The van der Waals surface area contributed by atoms with Crippen molar-refractivity contribution in [3.05, 3.63) is 33.7 Å². The van der Waals surface area contributed by atoms with Gasteiger partial charge >= 0.3 is 0 Å². The van der Waals surface area contributed by atoms with E-state index in [-0.39, 0.29) is 0 Å². The van der Waals surface area contributed by atoms with Crippen molar-refractivity contribution in [3.8, 4) is 11.6 Å². The van der Waals surface area contributed by atoms with E-state index in [0.717, 1.165) is 12.1 Å². The van der Waals surface area contributed by atoms with Crippen LogP contribution in [0.1, 0.15) is 19.5 Å². The second-order valence-corrected chi connectivity index (χ2v) is 5.38. The number of furan rings is 1. The SMILES string of the molecule is CC(C)Cc1cc(Cl)nc(-c2ccc(Br)o2)n1. The van der Waals surface area contributed by atoms with E-state index in [9.17, 15) is 0 Å². The molecule has 0 aliphatic carbocycles. The van der Waals surface area contributed by atoms with E-state index < -0.39 is 0 Å². The zero-order valence-corrected chi connectivity index (χ0v) is 11.9. The van der Waals surface area contributed by atoms with Crippen LogP contribution in [0.4, 0.5) is 0 Å². The summed E-state index contributed by atoms with van der Waals surface area (Å²) in [5.41, 5.74) is 0.933. The molecule has 17 heavy (non-hydrogen) atoms. The van der Waals surface area contributed by atoms with Crippen molar-refractivity contribution >= 4 is 27.5 Å². The molecule has 0 fully saturated rings. The number of hydrogen-bond donors (Lipinski definition) is 0. The Balaban J connectivity index is 2.37. The topological polar surface area (TPSA) is 38.9 Å². The first-order valence-corrected chi connectivity index (χ1v) is 6.51. The van der Waals surface area contributed by atoms with Crippen molar-refractivity contribution in [2.24, 2.45) is 5.92 Å². The lowest BCUT2D eigenvalue weighted by Gasteiger charge is -2.05. The molecule has 0 saturated carbocycles. The summed E-state index contributed by atoms with van der Waals surface area (Å²) in [7, 11) is 0. The van der Waals surface area contributed by atoms with Gasteiger partial charge < -0.3 is 4.42 Å². The first kappa shape index (κ1) is 12.6. The van der Waals surface area contributed by atoms with Gasteiger partial charge in [0.15, 0.2) is 16.3 Å². The second kappa shape index (κ2) is 5.19. The van der Waals surface area contributed by atoms with Crippen molar-refractivity contribution in [1.82, 2.24) is 9.97 Å². The first-order chi connectivity index (χ1) is 8.04. The number of nitrogens with zero attached hydrogens (tertiary/aromatic N) is 2. The van der Waals surface area contributed by atoms with Crippen LogP contribution in [0.15, 0.2) is 27.3 Å². The Morgan fingerprint density at radius 3 is 2.71 bits per heavy atom. The highest BCUT2D eigenvalue weighted by Gasteiger charge is 2.10. The van der Waals surface area contributed by atoms with Gasteiger partial charge in [-0.2, -0.15) is 0 Å². The molecule has 3 nitrogen and oxygen atoms in total. The maximum Gasteiger partial charge on any atom is 0.197 e. The molecule has 90 valence electrons. The van der Waals surface area contributed by atoms with Crippen LogP contribution in [0.3, 0.4) is 0 Å². The summed E-state index contributed by atoms with van der Waals surface area (Å²) >= 11 is 9.24. The minimum atomic E-state index is 0.443. The number of rotatable bonds is 3. The third-order valence-electron chi connectivity index (χ3n) is 2.16. The van der Waals surface area contributed by atoms with Crippen LogP contribution in [-0.2, 0) is 6.42 Å². The molecule has 0 N–H and O–H groups in total. The highest BCUT2D eigenvalue weighted by Crippen LogP contribution is 2.24. The van der Waals surface area contributed by atoms with E-state index >= 15 is 0 Å². The van der Waals surface area contributed by atoms with Crippen LogP contribution < -0.4 is 0 Å². The molecule has 2 heterocycles. The lowest BCUT2D eigenvalue weighted by atomic mass is 10.1. The van der Waals surface area contributed by atoms with Crippen molar-refractivity contribution in [2.75, 3.05) is 0 Å². The molecule has 0 radical (unpaired) electrons. The quantitative estimate of drug-likeness (QED) is 0.790. The Morgan fingerprint density at radius 2 is 2.12 bits per heavy atom. The summed E-state index contributed by atoms with van der Waals surface area (Å²) in [6.07, 6.45) is 0.872. The molecule has 2 rings (SSSR count). The molecule has 0 saturated heterocycles. The van der Waals surface area contributed by atoms with Gasteiger partial charge in [0.1, 0.15) is 5.15 Å². The van der Waals surface area contributed by atoms with Crippen LogP contribution in [-0.4, -0.2) is 9.97 Å². The summed E-state index contributed by atoms with van der Waals surface area (Å²) in [4.78, 5) is 8.61. The van der Waals surface area contributed by atoms with E-state index in [2.05, 4.69) is 39.7 Å². The molecular weight excluding hydrogens is 304 g/mol. The van der Waals surface area contributed by atoms with Crippen molar-refractivity contribution in [1.29, 1.82) is 0 Å². The van der Waals surface area contributed by atoms with Gasteiger partial charge in [-0.1, -0.05) is 25.4 Å². The zero-order chi connectivity index (χ0) is 12.4. The minimum absolute atomic E-state index is 0.443. The number of halogens is 2. The van der Waals surface area contributed by atoms with E-state index in [1.807, 2.05) is 12.1 Å². The van der Waals surface area contributed by atoms with Gasteiger partial charge in [-0.25, -0.2) is 9.97 Å². The van der Waals surface area contributed by atoms with Crippen molar-refractivity contribution < 1.29 is 4.42 Å². The summed E-state index contributed by atoms with van der Waals surface area (Å²) in [5.74, 6) is 1.67. The maximum atomic E-state index is 5.99. The van der Waals surface area contributed by atoms with Gasteiger partial charge in [0.25, 0.3) is 0 Å². The Kier molecular flexibility index (Phi) is 3.84. The molecule has 0 aliphatic rings. The van der Waals surface area contributed by atoms with Gasteiger partial charge in [0.2, 0.25) is 0 Å². The molecule has 0 atom stereocenters. The monoisotopic (exact) mass is 314 g/mol. The smallest absolute Gasteiger partial charge is 0.197 e. The molecule has 5 heteroatoms. The lowest BCUT2D eigenvalue weighted by Crippen LogP contribution is -2.00. The van der Waals surface area contributed by atoms with Crippen LogP contribution in [0.5, 0.6) is 0 Å². The predicted octanol–water partition coefficient (Wildman–Crippen LogP) is 4.35. The maximum absolute atomic E-state index is 5.99. The largest absolute Gasteiger partial charge is 0.446 e. The van der Waals surface area contributed by atoms with Crippen LogP contribution in [0, 0.1) is 5.92 Å². The third kappa shape index (κ3) is 3.30. The normalized spacial score (nSPS) is 11.1. The summed E-state index contributed by atoms with van der Waals surface area (Å²) in [6, 6.07) is 5.42. The van der Waals surface area contributed by atoms with E-state index in [4.69, 9.17) is 16.0 Å². The average Bonchev–Trinajstić information content (AvgIpc) is 2.62. The Hall–Kier alpha value is -0.870. The summed E-state index contributed by atoms with van der Waals surface area (Å²) in [6.45, 7) is 4.28. The van der Waals surface area contributed by atoms with Gasteiger partial charge in [-0.05, 0) is 46.5 Å². The first-order valence-electron chi connectivity index (χ1n) is 5.34. The average molecular weight is 316 g/mol. The van der Waals surface area contributed by atoms with Crippen LogP contribution in [0.2, 0.25) is 5.15 Å². The number of hydrogen-bond acceptors (Lipinski definition) is 3. The summed E-state index contributed by atoms with van der Waals surface area (Å²) in [5, 5.41) is 0.443. The van der Waals surface area contributed by atoms with E-state index in [1.54, 1.807) is 6.07 Å². The van der Waals surface area contributed by atoms with Crippen molar-refractivity contribution in [2.45, 2.75) is 20.3 Å². The molecule has 2 aromatic heterocycles. The fourth-order valence-corrected chi connectivity index (χ4v) is 2.04. The molecule has 0 aliphatic heterocycles. The molecule has 2 aromatic rings. The van der Waals surface area contributed by atoms with Gasteiger partial charge in [0, 0.05) is 5.69 Å². The summed E-state index contributed by atoms with van der Waals surface area (Å²) < 4.78 is 6.07. The highest BCUT2D eigenvalue weighted by atomic mass is 79.9. The number of aromatic nitrogens is 2. The third-order valence-corrected chi connectivity index (χ3v) is 2.78. The van der Waals surface area contributed by atoms with Gasteiger partial charge in [-0.15, -0.1) is 0 Å². The van der Waals surface area contributed by atoms with Gasteiger partial charge in [0.05, 0.1) is 0 Å². The fourth-order valence-electron chi connectivity index (χ4n) is 1.53. The Morgan fingerprint density at radius 1 is 1.35 bits per heavy atom. The second-order valence-electron chi connectivity index (χ2n) is 4.21. The van der Waals surface area contributed by atoms with E-state index in [1.165, 1.54) is 0 Å². The Bertz CT molecular complexity index is 525. The minimum Gasteiger partial charge on any atom is -0.446 e. The highest BCUT2D eigenvalue weighted by molar-refractivity contribution is 9.10. The molecule has 0 aromatic carbocycles. The van der Waals surface area contributed by atoms with Crippen LogP contribution in [0.25, 0.3) is 11.6 Å². The molecular formula is C12H12BrClN2O. The van der Waals surface area contributed by atoms with E-state index in [0.29, 0.717) is 27.3 Å². The van der Waals surface area contributed by atoms with Crippen molar-refractivity contribution in [3.63, 3.8) is 0 Å². The molecule has 0 spiro atoms. The fraction of sp³-hybridized carbons (Fsp3) is 0.333. The standard InChI is InChI=1S/C12H12BrClN2O/c1-7(2)5-8-6-11(14)16-12(15-8)9-3-4-10(13)17-9/h3-4,6-7H,5H2,1-2H3. The lowest BCUT2D eigenvalue weighted by molar-refractivity contribution is 0.550.